The topological polar surface area (TPSA) is 70.5 Å². The van der Waals surface area contributed by atoms with Crippen molar-refractivity contribution < 1.29 is 9.47 Å². The fraction of sp³-hybridized carbons (Fsp3) is 0.314. The Morgan fingerprint density at radius 2 is 1.10 bits per heavy atom. The van der Waals surface area contributed by atoms with E-state index in [1.165, 1.54) is 36.8 Å². The van der Waals surface area contributed by atoms with Crippen LogP contribution in [0.4, 0.5) is 11.4 Å². The Hall–Kier alpha value is -3.92. The summed E-state index contributed by atoms with van der Waals surface area (Å²) in [5.74, 6) is 4.15. The lowest BCUT2D eigenvalue weighted by atomic mass is 9.62. The van der Waals surface area contributed by atoms with Crippen molar-refractivity contribution in [1.82, 2.24) is 0 Å². The first kappa shape index (κ1) is 26.7. The molecule has 0 radical (unpaired) electrons. The van der Waals surface area contributed by atoms with E-state index in [1.807, 2.05) is 50.2 Å². The van der Waals surface area contributed by atoms with E-state index >= 15 is 0 Å². The molecule has 0 saturated heterocycles. The predicted octanol–water partition coefficient (Wildman–Crippen LogP) is 9.33. The fourth-order valence-corrected chi connectivity index (χ4v) is 6.12. The highest BCUT2D eigenvalue weighted by molar-refractivity contribution is 5.51. The van der Waals surface area contributed by atoms with Gasteiger partial charge in [0.25, 0.3) is 0 Å². The number of benzene rings is 4. The van der Waals surface area contributed by atoms with Crippen LogP contribution in [-0.4, -0.2) is 0 Å². The minimum atomic E-state index is -0.0183. The Kier molecular flexibility index (Phi) is 7.83. The van der Waals surface area contributed by atoms with Crippen LogP contribution in [0.2, 0.25) is 0 Å². The molecule has 5 rings (SSSR count). The minimum absolute atomic E-state index is 0.0183. The Balaban J connectivity index is 1.41. The van der Waals surface area contributed by atoms with Gasteiger partial charge in [0.2, 0.25) is 0 Å². The molecule has 4 nitrogen and oxygen atoms in total. The van der Waals surface area contributed by atoms with Gasteiger partial charge in [0.1, 0.15) is 23.0 Å². The molecule has 0 atom stereocenters. The summed E-state index contributed by atoms with van der Waals surface area (Å²) < 4.78 is 12.4. The van der Waals surface area contributed by atoms with Crippen molar-refractivity contribution in [2.45, 2.75) is 64.7 Å². The van der Waals surface area contributed by atoms with E-state index < -0.39 is 0 Å². The van der Waals surface area contributed by atoms with Gasteiger partial charge < -0.3 is 20.9 Å². The molecule has 4 aromatic carbocycles. The first-order chi connectivity index (χ1) is 18.9. The van der Waals surface area contributed by atoms with Crippen LogP contribution in [0.1, 0.15) is 67.7 Å². The molecule has 4 aromatic rings. The average Bonchev–Trinajstić information content (AvgIpc) is 2.93. The monoisotopic (exact) mass is 520 g/mol. The largest absolute Gasteiger partial charge is 0.457 e. The molecule has 0 unspecified atom stereocenters. The molecule has 0 aliphatic heterocycles. The quantitative estimate of drug-likeness (QED) is 0.227. The van der Waals surface area contributed by atoms with Gasteiger partial charge in [0, 0.05) is 16.8 Å². The molecule has 0 aromatic heterocycles. The van der Waals surface area contributed by atoms with Crippen LogP contribution in [0.5, 0.6) is 23.0 Å². The van der Waals surface area contributed by atoms with E-state index in [4.69, 9.17) is 20.9 Å². The van der Waals surface area contributed by atoms with Gasteiger partial charge in [-0.05, 0) is 128 Å². The van der Waals surface area contributed by atoms with Crippen molar-refractivity contribution in [3.63, 3.8) is 0 Å². The van der Waals surface area contributed by atoms with Gasteiger partial charge in [-0.15, -0.1) is 0 Å². The molecule has 1 saturated carbocycles. The van der Waals surface area contributed by atoms with Crippen LogP contribution >= 0.6 is 0 Å². The van der Waals surface area contributed by atoms with E-state index in [-0.39, 0.29) is 5.41 Å². The summed E-state index contributed by atoms with van der Waals surface area (Å²) in [6.45, 7) is 6.34. The maximum atomic E-state index is 6.20. The molecule has 202 valence electrons. The average molecular weight is 521 g/mol. The van der Waals surface area contributed by atoms with E-state index in [1.54, 1.807) is 0 Å². The van der Waals surface area contributed by atoms with E-state index in [9.17, 15) is 0 Å². The summed E-state index contributed by atoms with van der Waals surface area (Å²) in [4.78, 5) is 0. The minimum Gasteiger partial charge on any atom is -0.457 e. The SMILES string of the molecule is CCCC1CCC(c2ccc(Oc3ccc(N)cc3C)cc2)(c2ccc(Oc3ccc(N)cc3C)cc2)CC1. The predicted molar refractivity (Wildman–Crippen MR) is 162 cm³/mol. The lowest BCUT2D eigenvalue weighted by Gasteiger charge is -2.41. The molecule has 0 bridgehead atoms. The third-order valence-electron chi connectivity index (χ3n) is 8.32. The van der Waals surface area contributed by atoms with Crippen LogP contribution in [0.3, 0.4) is 0 Å². The molecule has 1 aliphatic rings. The third-order valence-corrected chi connectivity index (χ3v) is 8.32. The number of nitrogens with two attached hydrogens (primary N) is 2. The Morgan fingerprint density at radius 3 is 1.49 bits per heavy atom. The molecule has 39 heavy (non-hydrogen) atoms. The van der Waals surface area contributed by atoms with Crippen molar-refractivity contribution in [3.8, 4) is 23.0 Å². The van der Waals surface area contributed by atoms with Crippen molar-refractivity contribution in [2.75, 3.05) is 11.5 Å². The van der Waals surface area contributed by atoms with Gasteiger partial charge in [-0.2, -0.15) is 0 Å². The number of hydrogen-bond donors (Lipinski definition) is 2. The van der Waals surface area contributed by atoms with Gasteiger partial charge in [-0.25, -0.2) is 0 Å². The van der Waals surface area contributed by atoms with Gasteiger partial charge in [0.15, 0.2) is 0 Å². The maximum absolute atomic E-state index is 6.20. The summed E-state index contributed by atoms with van der Waals surface area (Å²) in [6.07, 6.45) is 7.36. The second-order valence-corrected chi connectivity index (χ2v) is 11.1. The van der Waals surface area contributed by atoms with Gasteiger partial charge >= 0.3 is 0 Å². The zero-order valence-corrected chi connectivity index (χ0v) is 23.4. The Bertz CT molecular complexity index is 1300. The maximum Gasteiger partial charge on any atom is 0.130 e. The second-order valence-electron chi connectivity index (χ2n) is 11.1. The summed E-state index contributed by atoms with van der Waals surface area (Å²) in [6, 6.07) is 28.9. The molecular weight excluding hydrogens is 480 g/mol. The molecule has 4 N–H and O–H groups in total. The molecule has 4 heteroatoms. The van der Waals surface area contributed by atoms with Gasteiger partial charge in [-0.3, -0.25) is 0 Å². The Labute approximate surface area is 233 Å². The summed E-state index contributed by atoms with van der Waals surface area (Å²) >= 11 is 0. The molecule has 0 spiro atoms. The number of rotatable bonds is 8. The standard InChI is InChI=1S/C35H40N2O2/c1-4-5-26-18-20-35(21-19-26,27-6-12-31(13-7-27)38-33-16-10-29(36)22-24(33)2)28-8-14-32(15-9-28)39-34-17-11-30(37)23-25(34)3/h6-17,22-23,26H,4-5,18-21,36-37H2,1-3H3. The molecular formula is C35H40N2O2. The summed E-state index contributed by atoms with van der Waals surface area (Å²) in [5.41, 5.74) is 18.1. The normalized spacial score (nSPS) is 15.2. The highest BCUT2D eigenvalue weighted by Crippen LogP contribution is 2.48. The molecule has 1 aliphatic carbocycles. The number of ether oxygens (including phenoxy) is 2. The van der Waals surface area contributed by atoms with Crippen LogP contribution < -0.4 is 20.9 Å². The van der Waals surface area contributed by atoms with Crippen molar-refractivity contribution >= 4 is 11.4 Å². The van der Waals surface area contributed by atoms with Crippen LogP contribution in [0, 0.1) is 19.8 Å². The zero-order chi connectivity index (χ0) is 27.4. The lowest BCUT2D eigenvalue weighted by Crippen LogP contribution is -2.33. The second kappa shape index (κ2) is 11.4. The lowest BCUT2D eigenvalue weighted by molar-refractivity contribution is 0.253. The highest BCUT2D eigenvalue weighted by Gasteiger charge is 2.38. The number of hydrogen-bond acceptors (Lipinski definition) is 4. The van der Waals surface area contributed by atoms with Gasteiger partial charge in [-0.1, -0.05) is 44.0 Å². The van der Waals surface area contributed by atoms with Crippen molar-refractivity contribution in [3.05, 3.63) is 107 Å². The smallest absolute Gasteiger partial charge is 0.130 e. The number of aryl methyl sites for hydroxylation is 2. The van der Waals surface area contributed by atoms with Crippen LogP contribution in [0.25, 0.3) is 0 Å². The third kappa shape index (κ3) is 5.90. The summed E-state index contributed by atoms with van der Waals surface area (Å²) in [5, 5.41) is 0. The number of nitrogen functional groups attached to an aromatic ring is 2. The highest BCUT2D eigenvalue weighted by atomic mass is 16.5. The van der Waals surface area contributed by atoms with E-state index in [0.717, 1.165) is 64.3 Å². The number of anilines is 2. The molecule has 0 heterocycles. The van der Waals surface area contributed by atoms with E-state index in [0.29, 0.717) is 0 Å². The van der Waals surface area contributed by atoms with Gasteiger partial charge in [0.05, 0.1) is 0 Å². The Morgan fingerprint density at radius 1 is 0.667 bits per heavy atom. The fourth-order valence-electron chi connectivity index (χ4n) is 6.12. The zero-order valence-electron chi connectivity index (χ0n) is 23.4. The summed E-state index contributed by atoms with van der Waals surface area (Å²) in [7, 11) is 0. The first-order valence-corrected chi connectivity index (χ1v) is 14.2. The van der Waals surface area contributed by atoms with Crippen molar-refractivity contribution in [2.24, 2.45) is 5.92 Å². The molecule has 1 fully saturated rings. The van der Waals surface area contributed by atoms with Crippen molar-refractivity contribution in [1.29, 1.82) is 0 Å². The van der Waals surface area contributed by atoms with E-state index in [2.05, 4.69) is 55.5 Å². The molecule has 0 amide bonds. The van der Waals surface area contributed by atoms with Crippen LogP contribution in [-0.2, 0) is 5.41 Å². The first-order valence-electron chi connectivity index (χ1n) is 14.2. The van der Waals surface area contributed by atoms with Crippen LogP contribution in [0.15, 0.2) is 84.9 Å².